The second-order valence-electron chi connectivity index (χ2n) is 8.40. The number of phenolic OH excluding ortho intramolecular Hbond substituents is 2. The minimum absolute atomic E-state index is 0.0223. The van der Waals surface area contributed by atoms with Gasteiger partial charge in [0.1, 0.15) is 23.0 Å². The Morgan fingerprint density at radius 3 is 1.36 bits per heavy atom. The maximum absolute atomic E-state index is 14.5. The number of carbonyl (C=O) groups is 1. The Labute approximate surface area is 211 Å². The maximum Gasteiger partial charge on any atom is 0.156 e. The van der Waals surface area contributed by atoms with Crippen molar-refractivity contribution in [1.29, 1.82) is 0 Å². The lowest BCUT2D eigenvalue weighted by atomic mass is 9.76. The van der Waals surface area contributed by atoms with Crippen LogP contribution in [-0.4, -0.2) is 29.2 Å². The summed E-state index contributed by atoms with van der Waals surface area (Å²) in [5.41, 5.74) is 2.43. The van der Waals surface area contributed by atoms with Gasteiger partial charge in [-0.3, -0.25) is 4.79 Å². The van der Waals surface area contributed by atoms with Crippen molar-refractivity contribution >= 4 is 5.78 Å². The van der Waals surface area contributed by atoms with Gasteiger partial charge in [0.15, 0.2) is 5.78 Å². The number of ether oxygens (including phenoxy) is 2. The van der Waals surface area contributed by atoms with Crippen molar-refractivity contribution < 1.29 is 24.5 Å². The van der Waals surface area contributed by atoms with E-state index in [-0.39, 0.29) is 17.3 Å². The summed E-state index contributed by atoms with van der Waals surface area (Å²) in [5, 5.41) is 21.9. The standard InChI is InChI=1S/C31H30O5/c1-3-35-23-15-17-25(27(32)19-23)29(21-11-7-5-8-12-21)31(34)30(22-13-9-6-10-14-22)26-18-16-24(36-4-2)20-28(26)33/h5-20,29-30,32-33H,3-4H2,1-2H3. The third-order valence-electron chi connectivity index (χ3n) is 6.08. The molecule has 0 saturated heterocycles. The molecule has 0 bridgehead atoms. The molecule has 0 spiro atoms. The molecule has 4 rings (SSSR count). The Bertz CT molecular complexity index is 1200. The van der Waals surface area contributed by atoms with Crippen molar-refractivity contribution in [1.82, 2.24) is 0 Å². The number of hydrogen-bond donors (Lipinski definition) is 2. The van der Waals surface area contributed by atoms with Crippen LogP contribution in [0.1, 0.15) is 47.9 Å². The summed E-state index contributed by atoms with van der Waals surface area (Å²) in [4.78, 5) is 14.5. The Balaban J connectivity index is 1.87. The largest absolute Gasteiger partial charge is 0.507 e. The van der Waals surface area contributed by atoms with Crippen LogP contribution in [-0.2, 0) is 4.79 Å². The van der Waals surface area contributed by atoms with Gasteiger partial charge in [0, 0.05) is 23.3 Å². The molecule has 0 heterocycles. The summed E-state index contributed by atoms with van der Waals surface area (Å²) in [5.74, 6) is -0.720. The van der Waals surface area contributed by atoms with E-state index in [1.54, 1.807) is 24.3 Å². The molecule has 0 amide bonds. The summed E-state index contributed by atoms with van der Waals surface area (Å²) in [6, 6.07) is 28.8. The first-order valence-corrected chi connectivity index (χ1v) is 12.1. The molecule has 5 heteroatoms. The van der Waals surface area contributed by atoms with E-state index in [1.165, 1.54) is 12.1 Å². The smallest absolute Gasteiger partial charge is 0.156 e. The molecule has 4 aromatic rings. The monoisotopic (exact) mass is 482 g/mol. The Hall–Kier alpha value is -4.25. The van der Waals surface area contributed by atoms with Crippen LogP contribution in [0.4, 0.5) is 0 Å². The van der Waals surface area contributed by atoms with E-state index < -0.39 is 11.8 Å². The highest BCUT2D eigenvalue weighted by molar-refractivity contribution is 5.98. The summed E-state index contributed by atoms with van der Waals surface area (Å²) >= 11 is 0. The average molecular weight is 483 g/mol. The Morgan fingerprint density at radius 2 is 1.03 bits per heavy atom. The SMILES string of the molecule is CCOc1ccc(C(C(=O)C(c2ccccc2)c2ccc(OCC)cc2O)c2ccccc2)c(O)c1. The lowest BCUT2D eigenvalue weighted by Crippen LogP contribution is -2.23. The fourth-order valence-electron chi connectivity index (χ4n) is 4.50. The molecule has 4 aromatic carbocycles. The number of rotatable bonds is 10. The predicted molar refractivity (Wildman–Crippen MR) is 140 cm³/mol. The first kappa shape index (κ1) is 24.9. The van der Waals surface area contributed by atoms with Crippen LogP contribution in [0.2, 0.25) is 0 Å². The molecule has 0 radical (unpaired) electrons. The zero-order valence-electron chi connectivity index (χ0n) is 20.4. The third kappa shape index (κ3) is 5.36. The summed E-state index contributed by atoms with van der Waals surface area (Å²) < 4.78 is 11.1. The van der Waals surface area contributed by atoms with Crippen molar-refractivity contribution in [3.63, 3.8) is 0 Å². The van der Waals surface area contributed by atoms with Crippen LogP contribution in [0.25, 0.3) is 0 Å². The highest BCUT2D eigenvalue weighted by Crippen LogP contribution is 2.42. The molecule has 0 aromatic heterocycles. The van der Waals surface area contributed by atoms with E-state index in [4.69, 9.17) is 9.47 Å². The number of ketones is 1. The minimum Gasteiger partial charge on any atom is -0.507 e. The first-order chi connectivity index (χ1) is 17.5. The van der Waals surface area contributed by atoms with Gasteiger partial charge in [-0.1, -0.05) is 72.8 Å². The van der Waals surface area contributed by atoms with Crippen molar-refractivity contribution in [2.75, 3.05) is 13.2 Å². The van der Waals surface area contributed by atoms with Crippen molar-refractivity contribution in [3.8, 4) is 23.0 Å². The van der Waals surface area contributed by atoms with Crippen molar-refractivity contribution in [2.45, 2.75) is 25.7 Å². The number of Topliss-reactive ketones (excluding diaryl/α,β-unsaturated/α-hetero) is 1. The van der Waals surface area contributed by atoms with E-state index in [1.807, 2.05) is 74.5 Å². The van der Waals surface area contributed by atoms with Crippen LogP contribution >= 0.6 is 0 Å². The second-order valence-corrected chi connectivity index (χ2v) is 8.40. The fraction of sp³-hybridized carbons (Fsp3) is 0.194. The summed E-state index contributed by atoms with van der Waals surface area (Å²) in [6.45, 7) is 4.67. The van der Waals surface area contributed by atoms with E-state index in [0.29, 0.717) is 35.8 Å². The minimum atomic E-state index is -0.780. The average Bonchev–Trinajstić information content (AvgIpc) is 2.89. The molecule has 2 N–H and O–H groups in total. The highest BCUT2D eigenvalue weighted by atomic mass is 16.5. The van der Waals surface area contributed by atoms with Crippen LogP contribution in [0.5, 0.6) is 23.0 Å². The molecule has 0 aliphatic heterocycles. The van der Waals surface area contributed by atoms with Gasteiger partial charge in [-0.15, -0.1) is 0 Å². The predicted octanol–water partition coefficient (Wildman–Crippen LogP) is 6.43. The second kappa shape index (κ2) is 11.5. The van der Waals surface area contributed by atoms with Gasteiger partial charge in [0.25, 0.3) is 0 Å². The first-order valence-electron chi connectivity index (χ1n) is 12.1. The van der Waals surface area contributed by atoms with Gasteiger partial charge < -0.3 is 19.7 Å². The number of phenols is 2. The summed E-state index contributed by atoms with van der Waals surface area (Å²) in [6.07, 6.45) is 0. The van der Waals surface area contributed by atoms with E-state index in [2.05, 4.69) is 0 Å². The molecule has 0 saturated carbocycles. The highest BCUT2D eigenvalue weighted by Gasteiger charge is 2.34. The zero-order chi connectivity index (χ0) is 25.5. The van der Waals surface area contributed by atoms with Crippen LogP contribution < -0.4 is 9.47 Å². The Kier molecular flexibility index (Phi) is 7.91. The number of aromatic hydroxyl groups is 2. The lowest BCUT2D eigenvalue weighted by molar-refractivity contribution is -0.120. The molecule has 5 nitrogen and oxygen atoms in total. The quantitative estimate of drug-likeness (QED) is 0.272. The topological polar surface area (TPSA) is 76.0 Å². The van der Waals surface area contributed by atoms with Gasteiger partial charge in [-0.25, -0.2) is 0 Å². The van der Waals surface area contributed by atoms with Gasteiger partial charge in [0.2, 0.25) is 0 Å². The molecule has 0 fully saturated rings. The van der Waals surface area contributed by atoms with Crippen molar-refractivity contribution in [2.24, 2.45) is 0 Å². The van der Waals surface area contributed by atoms with Crippen LogP contribution in [0.15, 0.2) is 97.1 Å². The van der Waals surface area contributed by atoms with Gasteiger partial charge in [-0.2, -0.15) is 0 Å². The van der Waals surface area contributed by atoms with Crippen LogP contribution in [0, 0.1) is 0 Å². The van der Waals surface area contributed by atoms with Gasteiger partial charge in [0.05, 0.1) is 25.0 Å². The molecular weight excluding hydrogens is 452 g/mol. The van der Waals surface area contributed by atoms with Gasteiger partial charge >= 0.3 is 0 Å². The molecular formula is C31H30O5. The van der Waals surface area contributed by atoms with Gasteiger partial charge in [-0.05, 0) is 37.1 Å². The summed E-state index contributed by atoms with van der Waals surface area (Å²) in [7, 11) is 0. The zero-order valence-corrected chi connectivity index (χ0v) is 20.4. The van der Waals surface area contributed by atoms with E-state index in [9.17, 15) is 15.0 Å². The van der Waals surface area contributed by atoms with Crippen LogP contribution in [0.3, 0.4) is 0 Å². The molecule has 2 atom stereocenters. The number of hydrogen-bond acceptors (Lipinski definition) is 5. The third-order valence-corrected chi connectivity index (χ3v) is 6.08. The lowest BCUT2D eigenvalue weighted by Gasteiger charge is -2.25. The normalized spacial score (nSPS) is 12.5. The molecule has 36 heavy (non-hydrogen) atoms. The van der Waals surface area contributed by atoms with Crippen molar-refractivity contribution in [3.05, 3.63) is 119 Å². The maximum atomic E-state index is 14.5. The molecule has 0 aliphatic carbocycles. The molecule has 184 valence electrons. The Morgan fingerprint density at radius 1 is 0.639 bits per heavy atom. The van der Waals surface area contributed by atoms with E-state index in [0.717, 1.165) is 11.1 Å². The molecule has 0 aliphatic rings. The molecule has 2 unspecified atom stereocenters. The van der Waals surface area contributed by atoms with E-state index >= 15 is 0 Å². The fourth-order valence-corrected chi connectivity index (χ4v) is 4.50. The number of carbonyl (C=O) groups excluding carboxylic acids is 1. The number of benzene rings is 4.